The summed E-state index contributed by atoms with van der Waals surface area (Å²) in [4.78, 5) is 37.8. The normalized spacial score (nSPS) is 13.8. The number of aryl methyl sites for hydroxylation is 1. The van der Waals surface area contributed by atoms with Crippen LogP contribution in [0, 0.1) is 24.4 Å². The predicted octanol–water partition coefficient (Wildman–Crippen LogP) is 5.35. The maximum absolute atomic E-state index is 15.0. The Hall–Kier alpha value is -5.03. The van der Waals surface area contributed by atoms with Crippen LogP contribution in [0.3, 0.4) is 0 Å². The van der Waals surface area contributed by atoms with Gasteiger partial charge in [-0.1, -0.05) is 12.1 Å². The minimum atomic E-state index is -0.920. The lowest BCUT2D eigenvalue weighted by molar-refractivity contribution is 0.102. The monoisotopic (exact) mass is 584 g/mol. The number of piperidine rings is 1. The summed E-state index contributed by atoms with van der Waals surface area (Å²) in [6.45, 7) is 2.95. The van der Waals surface area contributed by atoms with Crippen molar-refractivity contribution in [2.45, 2.75) is 25.8 Å². The van der Waals surface area contributed by atoms with E-state index in [2.05, 4.69) is 10.3 Å². The number of hydrogen-bond acceptors (Lipinski definition) is 6. The number of anilines is 2. The third-order valence-electron chi connectivity index (χ3n) is 7.58. The fourth-order valence-corrected chi connectivity index (χ4v) is 5.22. The summed E-state index contributed by atoms with van der Waals surface area (Å²) in [5.74, 6) is -2.42. The molecule has 5 aromatic rings. The van der Waals surface area contributed by atoms with Crippen LogP contribution in [0.5, 0.6) is 0 Å². The fourth-order valence-electron chi connectivity index (χ4n) is 5.22. The first-order chi connectivity index (χ1) is 20.7. The number of nitrogens with zero attached hydrogens (tertiary/aromatic N) is 4. The van der Waals surface area contributed by atoms with Crippen molar-refractivity contribution >= 4 is 28.6 Å². The second-order valence-corrected chi connectivity index (χ2v) is 10.5. The molecule has 0 bridgehead atoms. The standard InChI is InChI=1S/C32H27F3N6O2/c1-18-5-6-19(31(43)37-22-9-7-20(33)8-10-22)17-24(18)28-23-11-12-27(42)41(29-25(34)3-2-4-26(29)35)30(23)39-32(38-28)40-15-13-21(36)14-16-40/h2-12,17,21H,13-16,36H2,1H3,(H,37,43). The molecule has 1 aliphatic rings. The van der Waals surface area contributed by atoms with Crippen molar-refractivity contribution in [1.29, 1.82) is 0 Å². The number of hydrogen-bond donors (Lipinski definition) is 2. The Morgan fingerprint density at radius 1 is 0.930 bits per heavy atom. The molecule has 1 amide bonds. The summed E-state index contributed by atoms with van der Waals surface area (Å²) < 4.78 is 44.4. The summed E-state index contributed by atoms with van der Waals surface area (Å²) in [7, 11) is 0. The lowest BCUT2D eigenvalue weighted by atomic mass is 9.99. The first-order valence-corrected chi connectivity index (χ1v) is 13.8. The van der Waals surface area contributed by atoms with Gasteiger partial charge in [-0.3, -0.25) is 14.2 Å². The van der Waals surface area contributed by atoms with Gasteiger partial charge < -0.3 is 16.0 Å². The number of nitrogens with one attached hydrogen (secondary N) is 1. The highest BCUT2D eigenvalue weighted by atomic mass is 19.1. The summed E-state index contributed by atoms with van der Waals surface area (Å²) in [6.07, 6.45) is 1.39. The molecule has 8 nitrogen and oxygen atoms in total. The molecule has 11 heteroatoms. The molecule has 1 fully saturated rings. The van der Waals surface area contributed by atoms with Gasteiger partial charge in [0.25, 0.3) is 11.5 Å². The topological polar surface area (TPSA) is 106 Å². The Bertz CT molecular complexity index is 1900. The van der Waals surface area contributed by atoms with E-state index in [0.717, 1.165) is 22.3 Å². The summed E-state index contributed by atoms with van der Waals surface area (Å²) in [5, 5.41) is 3.11. The van der Waals surface area contributed by atoms with Gasteiger partial charge in [-0.05, 0) is 79.9 Å². The van der Waals surface area contributed by atoms with Gasteiger partial charge in [-0.2, -0.15) is 4.98 Å². The van der Waals surface area contributed by atoms with E-state index in [1.54, 1.807) is 18.2 Å². The molecule has 3 aromatic carbocycles. The molecule has 0 spiro atoms. The van der Waals surface area contributed by atoms with Crippen molar-refractivity contribution in [2.24, 2.45) is 5.73 Å². The molecule has 1 aliphatic heterocycles. The van der Waals surface area contributed by atoms with Gasteiger partial charge in [0.2, 0.25) is 5.95 Å². The van der Waals surface area contributed by atoms with Gasteiger partial charge in [0.15, 0.2) is 5.65 Å². The van der Waals surface area contributed by atoms with Gasteiger partial charge in [0.1, 0.15) is 23.1 Å². The van der Waals surface area contributed by atoms with E-state index in [-0.39, 0.29) is 17.6 Å². The highest BCUT2D eigenvalue weighted by molar-refractivity contribution is 6.05. The van der Waals surface area contributed by atoms with Gasteiger partial charge in [-0.15, -0.1) is 0 Å². The van der Waals surface area contributed by atoms with Crippen LogP contribution >= 0.6 is 0 Å². The number of pyridine rings is 1. The SMILES string of the molecule is Cc1ccc(C(=O)Nc2ccc(F)cc2)cc1-c1nc(N2CCC(N)CC2)nc2c1ccc(=O)n2-c1c(F)cccc1F. The van der Waals surface area contributed by atoms with Gasteiger partial charge >= 0.3 is 0 Å². The minimum Gasteiger partial charge on any atom is -0.341 e. The molecule has 43 heavy (non-hydrogen) atoms. The van der Waals surface area contributed by atoms with E-state index >= 15 is 8.78 Å². The van der Waals surface area contributed by atoms with Crippen LogP contribution in [0.25, 0.3) is 28.0 Å². The Morgan fingerprint density at radius 3 is 2.33 bits per heavy atom. The average molecular weight is 585 g/mol. The maximum Gasteiger partial charge on any atom is 0.256 e. The zero-order chi connectivity index (χ0) is 30.2. The van der Waals surface area contributed by atoms with E-state index < -0.39 is 34.6 Å². The number of fused-ring (bicyclic) bond motifs is 1. The maximum atomic E-state index is 15.0. The van der Waals surface area contributed by atoms with Gasteiger partial charge in [0, 0.05) is 47.4 Å². The minimum absolute atomic E-state index is 0.0203. The van der Waals surface area contributed by atoms with E-state index in [0.29, 0.717) is 53.8 Å². The number of para-hydroxylation sites is 1. The summed E-state index contributed by atoms with van der Waals surface area (Å²) in [5.41, 5.74) is 7.35. The van der Waals surface area contributed by atoms with E-state index in [9.17, 15) is 14.0 Å². The molecular weight excluding hydrogens is 557 g/mol. The first-order valence-electron chi connectivity index (χ1n) is 13.8. The Morgan fingerprint density at radius 2 is 1.63 bits per heavy atom. The first kappa shape index (κ1) is 28.1. The number of aromatic nitrogens is 3. The molecule has 0 aliphatic carbocycles. The Balaban J connectivity index is 1.56. The number of carbonyl (C=O) groups is 1. The van der Waals surface area contributed by atoms with E-state index in [4.69, 9.17) is 10.7 Å². The van der Waals surface area contributed by atoms with E-state index in [1.165, 1.54) is 42.5 Å². The summed E-state index contributed by atoms with van der Waals surface area (Å²) >= 11 is 0. The molecule has 0 saturated carbocycles. The van der Waals surface area contributed by atoms with Gasteiger partial charge in [0.05, 0.1) is 5.69 Å². The number of rotatable bonds is 5. The second kappa shape index (κ2) is 11.3. The summed E-state index contributed by atoms with van der Waals surface area (Å²) in [6, 6.07) is 16.6. The highest BCUT2D eigenvalue weighted by Gasteiger charge is 2.24. The molecule has 0 radical (unpaired) electrons. The average Bonchev–Trinajstić information content (AvgIpc) is 2.99. The van der Waals surface area contributed by atoms with E-state index in [1.807, 2.05) is 11.8 Å². The highest BCUT2D eigenvalue weighted by Crippen LogP contribution is 2.33. The van der Waals surface area contributed by atoms with Crippen molar-refractivity contribution < 1.29 is 18.0 Å². The zero-order valence-electron chi connectivity index (χ0n) is 23.2. The number of benzene rings is 3. The number of carbonyl (C=O) groups excluding carboxylic acids is 1. The van der Waals surface area contributed by atoms with Crippen molar-refractivity contribution in [2.75, 3.05) is 23.3 Å². The largest absolute Gasteiger partial charge is 0.341 e. The Labute approximate surface area is 244 Å². The number of nitrogens with two attached hydrogens (primary N) is 1. The van der Waals surface area contributed by atoms with Crippen LogP contribution in [0.2, 0.25) is 0 Å². The molecular formula is C32H27F3N6O2. The lowest BCUT2D eigenvalue weighted by Gasteiger charge is -2.30. The van der Waals surface area contributed by atoms with Crippen LogP contribution in [0.15, 0.2) is 77.6 Å². The quantitative estimate of drug-likeness (QED) is 0.289. The Kier molecular flexibility index (Phi) is 7.41. The van der Waals surface area contributed by atoms with Gasteiger partial charge in [-0.25, -0.2) is 18.2 Å². The third kappa shape index (κ3) is 5.46. The van der Waals surface area contributed by atoms with Crippen LogP contribution in [0.1, 0.15) is 28.8 Å². The van der Waals surface area contributed by atoms with Crippen molar-refractivity contribution in [1.82, 2.24) is 14.5 Å². The van der Waals surface area contributed by atoms with Crippen LogP contribution in [0.4, 0.5) is 24.8 Å². The fraction of sp³-hybridized carbons (Fsp3) is 0.188. The second-order valence-electron chi connectivity index (χ2n) is 10.5. The smallest absolute Gasteiger partial charge is 0.256 e. The van der Waals surface area contributed by atoms with Crippen molar-refractivity contribution in [3.05, 3.63) is 112 Å². The molecule has 0 unspecified atom stereocenters. The molecule has 218 valence electrons. The van der Waals surface area contributed by atoms with Crippen molar-refractivity contribution in [3.8, 4) is 16.9 Å². The molecule has 6 rings (SSSR count). The zero-order valence-corrected chi connectivity index (χ0v) is 23.2. The molecule has 2 aromatic heterocycles. The third-order valence-corrected chi connectivity index (χ3v) is 7.58. The van der Waals surface area contributed by atoms with Crippen LogP contribution in [-0.4, -0.2) is 39.6 Å². The van der Waals surface area contributed by atoms with Crippen molar-refractivity contribution in [3.63, 3.8) is 0 Å². The van der Waals surface area contributed by atoms with Crippen LogP contribution in [-0.2, 0) is 0 Å². The predicted molar refractivity (Wildman–Crippen MR) is 159 cm³/mol. The molecule has 0 atom stereocenters. The lowest BCUT2D eigenvalue weighted by Crippen LogP contribution is -2.40. The molecule has 1 saturated heterocycles. The number of amides is 1. The molecule has 3 heterocycles. The van der Waals surface area contributed by atoms with Crippen LogP contribution < -0.4 is 21.5 Å². The molecule has 3 N–H and O–H groups in total. The number of halogens is 3.